The molecule has 0 aliphatic carbocycles. The maximum absolute atomic E-state index is 11.3. The quantitative estimate of drug-likeness (QED) is 0.248. The molecule has 0 aromatic heterocycles. The highest BCUT2D eigenvalue weighted by Crippen LogP contribution is 2.53. The number of aromatic hydroxyl groups is 1. The fourth-order valence-corrected chi connectivity index (χ4v) is 5.68. The third kappa shape index (κ3) is 3.86. The van der Waals surface area contributed by atoms with Crippen LogP contribution in [0.5, 0.6) is 17.2 Å². The lowest BCUT2D eigenvalue weighted by Crippen LogP contribution is -2.14. The van der Waals surface area contributed by atoms with Gasteiger partial charge in [0, 0.05) is 35.4 Å². The number of fused-ring (bicyclic) bond motifs is 6. The molecule has 3 heteroatoms. The molecular formula is C34H31NO2. The number of benzene rings is 5. The lowest BCUT2D eigenvalue weighted by Gasteiger charge is -2.32. The standard InChI is InChI=1S/C34H31NO2/c1-4-21(3)28-19-24(18-25(34(28)36)20-35-5-2)31-32-26-12-8-6-10-22(26)14-16-29(32)37-30-17-15-23-11-7-9-13-27(23)33(30)31/h6-21,31,36H,4-5H2,1-3H3. The highest BCUT2D eigenvalue weighted by Gasteiger charge is 2.33. The molecule has 0 bridgehead atoms. The number of rotatable bonds is 5. The van der Waals surface area contributed by atoms with Gasteiger partial charge in [0.15, 0.2) is 0 Å². The van der Waals surface area contributed by atoms with Crippen molar-refractivity contribution >= 4 is 27.8 Å². The molecule has 0 radical (unpaired) electrons. The molecule has 5 aromatic carbocycles. The molecule has 1 atom stereocenters. The van der Waals surface area contributed by atoms with Gasteiger partial charge in [-0.2, -0.15) is 0 Å². The Hall–Kier alpha value is -4.11. The van der Waals surface area contributed by atoms with Gasteiger partial charge in [0.25, 0.3) is 0 Å². The lowest BCUT2D eigenvalue weighted by atomic mass is 9.77. The second kappa shape index (κ2) is 9.40. The van der Waals surface area contributed by atoms with Crippen LogP contribution in [0, 0.1) is 0 Å². The highest BCUT2D eigenvalue weighted by atomic mass is 16.5. The SMILES string of the molecule is CCN=Cc1cc(C2c3c(ccc4ccccc34)Oc3ccc4ccccc4c32)cc(C(C)CC)c1O. The molecule has 37 heavy (non-hydrogen) atoms. The summed E-state index contributed by atoms with van der Waals surface area (Å²) >= 11 is 0. The number of phenols is 1. The predicted octanol–water partition coefficient (Wildman–Crippen LogP) is 8.94. The average molecular weight is 486 g/mol. The Labute approximate surface area is 218 Å². The van der Waals surface area contributed by atoms with E-state index in [4.69, 9.17) is 4.74 Å². The average Bonchev–Trinajstić information content (AvgIpc) is 2.94. The van der Waals surface area contributed by atoms with Gasteiger partial charge < -0.3 is 9.84 Å². The second-order valence-electron chi connectivity index (χ2n) is 9.92. The molecule has 1 heterocycles. The van der Waals surface area contributed by atoms with E-state index in [0.29, 0.717) is 12.3 Å². The zero-order valence-electron chi connectivity index (χ0n) is 21.5. The maximum Gasteiger partial charge on any atom is 0.132 e. The van der Waals surface area contributed by atoms with Crippen molar-refractivity contribution in [1.82, 2.24) is 0 Å². The van der Waals surface area contributed by atoms with Gasteiger partial charge >= 0.3 is 0 Å². The van der Waals surface area contributed by atoms with Crippen LogP contribution in [0.25, 0.3) is 21.5 Å². The first-order valence-electron chi connectivity index (χ1n) is 13.2. The minimum Gasteiger partial charge on any atom is -0.507 e. The Morgan fingerprint density at radius 2 is 1.43 bits per heavy atom. The van der Waals surface area contributed by atoms with Gasteiger partial charge in [0.2, 0.25) is 0 Å². The summed E-state index contributed by atoms with van der Waals surface area (Å²) in [6.45, 7) is 7.02. The molecule has 1 unspecified atom stereocenters. The van der Waals surface area contributed by atoms with Crippen molar-refractivity contribution in [3.05, 3.63) is 113 Å². The normalized spacial score (nSPS) is 14.0. The summed E-state index contributed by atoms with van der Waals surface area (Å²) in [6, 6.07) is 29.8. The first-order valence-corrected chi connectivity index (χ1v) is 13.2. The summed E-state index contributed by atoms with van der Waals surface area (Å²) in [5, 5.41) is 16.0. The fourth-order valence-electron chi connectivity index (χ4n) is 5.68. The van der Waals surface area contributed by atoms with Gasteiger partial charge in [-0.05, 0) is 70.1 Å². The molecule has 0 fully saturated rings. The molecule has 3 nitrogen and oxygen atoms in total. The van der Waals surface area contributed by atoms with Crippen molar-refractivity contribution < 1.29 is 9.84 Å². The van der Waals surface area contributed by atoms with E-state index in [-0.39, 0.29) is 11.8 Å². The van der Waals surface area contributed by atoms with E-state index in [1.54, 1.807) is 0 Å². The van der Waals surface area contributed by atoms with E-state index < -0.39 is 0 Å². The van der Waals surface area contributed by atoms with Crippen LogP contribution in [-0.4, -0.2) is 17.9 Å². The van der Waals surface area contributed by atoms with Gasteiger partial charge in [0.05, 0.1) is 0 Å². The minimum atomic E-state index is -0.0619. The van der Waals surface area contributed by atoms with Crippen LogP contribution in [-0.2, 0) is 0 Å². The van der Waals surface area contributed by atoms with Crippen molar-refractivity contribution in [3.8, 4) is 17.2 Å². The zero-order chi connectivity index (χ0) is 25.5. The number of phenolic OH excluding ortho intramolecular Hbond substituents is 1. The molecule has 0 saturated carbocycles. The number of ether oxygens (including phenoxy) is 1. The third-order valence-electron chi connectivity index (χ3n) is 7.74. The Kier molecular flexibility index (Phi) is 5.92. The minimum absolute atomic E-state index is 0.0619. The van der Waals surface area contributed by atoms with Crippen LogP contribution in [0.1, 0.15) is 66.8 Å². The Balaban J connectivity index is 1.73. The first kappa shape index (κ1) is 23.3. The smallest absolute Gasteiger partial charge is 0.132 e. The summed E-state index contributed by atoms with van der Waals surface area (Å²) in [5.41, 5.74) is 5.21. The Morgan fingerprint density at radius 3 is 2.00 bits per heavy atom. The van der Waals surface area contributed by atoms with E-state index >= 15 is 0 Å². The molecule has 1 aliphatic rings. The monoisotopic (exact) mass is 485 g/mol. The maximum atomic E-state index is 11.3. The van der Waals surface area contributed by atoms with Gasteiger partial charge in [0.1, 0.15) is 17.2 Å². The lowest BCUT2D eigenvalue weighted by molar-refractivity contribution is 0.454. The van der Waals surface area contributed by atoms with Crippen molar-refractivity contribution in [3.63, 3.8) is 0 Å². The zero-order valence-corrected chi connectivity index (χ0v) is 21.5. The van der Waals surface area contributed by atoms with Crippen LogP contribution in [0.2, 0.25) is 0 Å². The van der Waals surface area contributed by atoms with Crippen LogP contribution in [0.4, 0.5) is 0 Å². The van der Waals surface area contributed by atoms with Crippen molar-refractivity contribution in [1.29, 1.82) is 0 Å². The van der Waals surface area contributed by atoms with Crippen molar-refractivity contribution in [2.24, 2.45) is 4.99 Å². The van der Waals surface area contributed by atoms with E-state index in [0.717, 1.165) is 34.6 Å². The van der Waals surface area contributed by atoms with Gasteiger partial charge in [-0.3, -0.25) is 4.99 Å². The number of hydrogen-bond donors (Lipinski definition) is 1. The number of nitrogens with zero attached hydrogens (tertiary/aromatic N) is 1. The van der Waals surface area contributed by atoms with Crippen molar-refractivity contribution in [2.75, 3.05) is 6.54 Å². The summed E-state index contributed by atoms with van der Waals surface area (Å²) in [7, 11) is 0. The summed E-state index contributed by atoms with van der Waals surface area (Å²) in [5.74, 6) is 2.25. The number of aliphatic imine (C=N–C) groups is 1. The summed E-state index contributed by atoms with van der Waals surface area (Å²) < 4.78 is 6.59. The van der Waals surface area contributed by atoms with Gasteiger partial charge in [-0.25, -0.2) is 0 Å². The van der Waals surface area contributed by atoms with E-state index in [9.17, 15) is 5.11 Å². The topological polar surface area (TPSA) is 41.8 Å². The molecule has 184 valence electrons. The molecule has 0 amide bonds. The highest BCUT2D eigenvalue weighted by molar-refractivity contribution is 5.95. The molecule has 0 saturated heterocycles. The van der Waals surface area contributed by atoms with Crippen LogP contribution < -0.4 is 4.74 Å². The van der Waals surface area contributed by atoms with Crippen molar-refractivity contribution in [2.45, 2.75) is 39.0 Å². The van der Waals surface area contributed by atoms with Crippen LogP contribution >= 0.6 is 0 Å². The Morgan fingerprint density at radius 1 is 0.838 bits per heavy atom. The summed E-state index contributed by atoms with van der Waals surface area (Å²) in [4.78, 5) is 4.49. The van der Waals surface area contributed by atoms with E-state index in [1.165, 1.54) is 32.7 Å². The molecule has 6 rings (SSSR count). The molecular weight excluding hydrogens is 454 g/mol. The number of hydrogen-bond acceptors (Lipinski definition) is 3. The summed E-state index contributed by atoms with van der Waals surface area (Å²) in [6.07, 6.45) is 2.76. The van der Waals surface area contributed by atoms with E-state index in [2.05, 4.69) is 104 Å². The third-order valence-corrected chi connectivity index (χ3v) is 7.74. The molecule has 1 aliphatic heterocycles. The van der Waals surface area contributed by atoms with Gasteiger partial charge in [-0.1, -0.05) is 80.6 Å². The second-order valence-corrected chi connectivity index (χ2v) is 9.92. The fraction of sp³-hybridized carbons (Fsp3) is 0.206. The van der Waals surface area contributed by atoms with Crippen LogP contribution in [0.15, 0.2) is 89.9 Å². The predicted molar refractivity (Wildman–Crippen MR) is 154 cm³/mol. The largest absolute Gasteiger partial charge is 0.507 e. The molecule has 5 aromatic rings. The first-order chi connectivity index (χ1) is 18.1. The Bertz CT molecular complexity index is 1580. The van der Waals surface area contributed by atoms with Crippen LogP contribution in [0.3, 0.4) is 0 Å². The van der Waals surface area contributed by atoms with Gasteiger partial charge in [-0.15, -0.1) is 0 Å². The molecule has 0 spiro atoms. The molecule has 1 N–H and O–H groups in total. The van der Waals surface area contributed by atoms with E-state index in [1.807, 2.05) is 13.1 Å².